The van der Waals surface area contributed by atoms with Gasteiger partial charge in [0.15, 0.2) is 0 Å². The third-order valence-corrected chi connectivity index (χ3v) is 5.89. The molecule has 2 heterocycles. The summed E-state index contributed by atoms with van der Waals surface area (Å²) >= 11 is 0. The van der Waals surface area contributed by atoms with E-state index in [4.69, 9.17) is 19.4 Å². The number of carboxylic acid groups (broad SMARTS) is 1. The molecule has 2 unspecified atom stereocenters. The molecule has 1 spiro atoms. The van der Waals surface area contributed by atoms with E-state index in [1.165, 1.54) is 16.7 Å². The lowest BCUT2D eigenvalue weighted by atomic mass is 9.86. The largest absolute Gasteiger partial charge is 0.490 e. The molecule has 0 bridgehead atoms. The van der Waals surface area contributed by atoms with Crippen molar-refractivity contribution < 1.29 is 37.3 Å². The molecule has 4 rings (SSSR count). The SMILES string of the molecule is COCCNC(=O)C1CC2(CO1)c1ccccc1CN2Cc1ccccc1.O=C(O)C(F)(F)F. The highest BCUT2D eigenvalue weighted by Gasteiger charge is 2.52. The summed E-state index contributed by atoms with van der Waals surface area (Å²) in [6.45, 7) is 3.28. The second-order valence-electron chi connectivity index (χ2n) is 8.12. The minimum Gasteiger partial charge on any atom is -0.475 e. The fraction of sp³-hybridized carbons (Fsp3) is 0.417. The van der Waals surface area contributed by atoms with Gasteiger partial charge in [-0.2, -0.15) is 13.2 Å². The van der Waals surface area contributed by atoms with E-state index in [1.54, 1.807) is 7.11 Å². The van der Waals surface area contributed by atoms with Crippen LogP contribution in [0.15, 0.2) is 54.6 Å². The molecule has 0 aliphatic carbocycles. The van der Waals surface area contributed by atoms with Gasteiger partial charge in [-0.05, 0) is 16.7 Å². The number of amides is 1. The maximum Gasteiger partial charge on any atom is 0.490 e. The van der Waals surface area contributed by atoms with Crippen molar-refractivity contribution in [1.82, 2.24) is 10.2 Å². The van der Waals surface area contributed by atoms with Gasteiger partial charge in [-0.1, -0.05) is 54.6 Å². The lowest BCUT2D eigenvalue weighted by Gasteiger charge is -2.34. The summed E-state index contributed by atoms with van der Waals surface area (Å²) in [5.41, 5.74) is 3.67. The molecule has 10 heteroatoms. The molecule has 0 saturated carbocycles. The quantitative estimate of drug-likeness (QED) is 0.618. The normalized spacial score (nSPS) is 21.6. The van der Waals surface area contributed by atoms with E-state index in [1.807, 2.05) is 6.07 Å². The number of nitrogens with one attached hydrogen (secondary N) is 1. The Hall–Kier alpha value is -2.95. The highest BCUT2D eigenvalue weighted by atomic mass is 19.4. The van der Waals surface area contributed by atoms with Gasteiger partial charge in [-0.3, -0.25) is 9.69 Å². The highest BCUT2D eigenvalue weighted by molar-refractivity contribution is 5.81. The summed E-state index contributed by atoms with van der Waals surface area (Å²) in [4.78, 5) is 23.9. The van der Waals surface area contributed by atoms with Crippen LogP contribution in [0.3, 0.4) is 0 Å². The lowest BCUT2D eigenvalue weighted by molar-refractivity contribution is -0.192. The number of carbonyl (C=O) groups excluding carboxylic acids is 1. The highest BCUT2D eigenvalue weighted by Crippen LogP contribution is 2.47. The fourth-order valence-electron chi connectivity index (χ4n) is 4.28. The Balaban J connectivity index is 0.000000406. The zero-order valence-corrected chi connectivity index (χ0v) is 18.7. The minimum atomic E-state index is -5.08. The van der Waals surface area contributed by atoms with Crippen molar-refractivity contribution in [3.05, 3.63) is 71.3 Å². The van der Waals surface area contributed by atoms with Gasteiger partial charge in [0, 0.05) is 33.2 Å². The number of carboxylic acids is 1. The van der Waals surface area contributed by atoms with Crippen molar-refractivity contribution in [2.24, 2.45) is 0 Å². The molecule has 2 aliphatic heterocycles. The molecule has 1 amide bonds. The fourth-order valence-corrected chi connectivity index (χ4v) is 4.28. The number of nitrogens with zero attached hydrogens (tertiary/aromatic N) is 1. The minimum absolute atomic E-state index is 0.0482. The first-order valence-corrected chi connectivity index (χ1v) is 10.7. The summed E-state index contributed by atoms with van der Waals surface area (Å²) in [6.07, 6.45) is -4.83. The van der Waals surface area contributed by atoms with Crippen LogP contribution in [0.4, 0.5) is 13.2 Å². The number of aliphatic carboxylic acids is 1. The van der Waals surface area contributed by atoms with Crippen molar-refractivity contribution in [1.29, 1.82) is 0 Å². The molecule has 0 radical (unpaired) electrons. The number of ether oxygens (including phenoxy) is 2. The standard InChI is InChI=1S/C22H26N2O3.C2HF3O2/c1-26-12-11-23-21(25)20-13-22(16-27-20)19-10-6-5-9-18(19)15-24(22)14-17-7-3-2-4-8-17;3-2(4,5)1(6)7/h2-10,20H,11-16H2,1H3,(H,23,25);(H,6,7). The van der Waals surface area contributed by atoms with Gasteiger partial charge in [0.2, 0.25) is 5.91 Å². The first kappa shape index (κ1) is 25.7. The van der Waals surface area contributed by atoms with Crippen LogP contribution < -0.4 is 5.32 Å². The number of rotatable bonds is 6. The van der Waals surface area contributed by atoms with Gasteiger partial charge in [0.1, 0.15) is 6.10 Å². The van der Waals surface area contributed by atoms with Gasteiger partial charge in [0.25, 0.3) is 0 Å². The second-order valence-corrected chi connectivity index (χ2v) is 8.12. The summed E-state index contributed by atoms with van der Waals surface area (Å²) in [7, 11) is 1.63. The molecule has 2 aliphatic rings. The first-order chi connectivity index (χ1) is 16.2. The maximum atomic E-state index is 12.5. The number of hydrogen-bond donors (Lipinski definition) is 2. The molecule has 1 saturated heterocycles. The maximum absolute atomic E-state index is 12.5. The number of halogens is 3. The Bertz CT molecular complexity index is 986. The Labute approximate surface area is 195 Å². The summed E-state index contributed by atoms with van der Waals surface area (Å²) in [5, 5.41) is 10.0. The van der Waals surface area contributed by atoms with E-state index >= 15 is 0 Å². The summed E-state index contributed by atoms with van der Waals surface area (Å²) in [5.74, 6) is -2.81. The Morgan fingerprint density at radius 1 is 1.18 bits per heavy atom. The number of hydrogen-bond acceptors (Lipinski definition) is 5. The monoisotopic (exact) mass is 480 g/mol. The van der Waals surface area contributed by atoms with Crippen LogP contribution >= 0.6 is 0 Å². The lowest BCUT2D eigenvalue weighted by Crippen LogP contribution is -2.42. The number of alkyl halides is 3. The van der Waals surface area contributed by atoms with Crippen LogP contribution in [-0.4, -0.2) is 61.0 Å². The average molecular weight is 480 g/mol. The van der Waals surface area contributed by atoms with Crippen LogP contribution in [0.1, 0.15) is 23.1 Å². The molecule has 184 valence electrons. The second kappa shape index (κ2) is 11.0. The first-order valence-electron chi connectivity index (χ1n) is 10.7. The van der Waals surface area contributed by atoms with E-state index in [0.717, 1.165) is 13.1 Å². The van der Waals surface area contributed by atoms with Gasteiger partial charge in [-0.15, -0.1) is 0 Å². The summed E-state index contributed by atoms with van der Waals surface area (Å²) in [6, 6.07) is 19.0. The van der Waals surface area contributed by atoms with E-state index in [-0.39, 0.29) is 11.4 Å². The molecular weight excluding hydrogens is 453 g/mol. The molecule has 2 aromatic rings. The van der Waals surface area contributed by atoms with Crippen LogP contribution in [-0.2, 0) is 37.7 Å². The van der Waals surface area contributed by atoms with E-state index in [0.29, 0.717) is 26.2 Å². The molecular formula is C24H27F3N2O5. The van der Waals surface area contributed by atoms with Crippen molar-refractivity contribution >= 4 is 11.9 Å². The Kier molecular flexibility index (Phi) is 8.29. The van der Waals surface area contributed by atoms with E-state index < -0.39 is 18.2 Å². The van der Waals surface area contributed by atoms with E-state index in [9.17, 15) is 18.0 Å². The van der Waals surface area contributed by atoms with Crippen molar-refractivity contribution in [2.45, 2.75) is 37.3 Å². The molecule has 2 atom stereocenters. The molecule has 0 aromatic heterocycles. The van der Waals surface area contributed by atoms with Gasteiger partial charge >= 0.3 is 12.1 Å². The van der Waals surface area contributed by atoms with Crippen molar-refractivity contribution in [3.8, 4) is 0 Å². The van der Waals surface area contributed by atoms with Crippen LogP contribution in [0.2, 0.25) is 0 Å². The third kappa shape index (κ3) is 5.94. The zero-order valence-electron chi connectivity index (χ0n) is 18.7. The molecule has 1 fully saturated rings. The van der Waals surface area contributed by atoms with Gasteiger partial charge < -0.3 is 19.9 Å². The van der Waals surface area contributed by atoms with Crippen LogP contribution in [0, 0.1) is 0 Å². The van der Waals surface area contributed by atoms with Gasteiger partial charge in [0.05, 0.1) is 18.8 Å². The van der Waals surface area contributed by atoms with E-state index in [2.05, 4.69) is 58.7 Å². The van der Waals surface area contributed by atoms with Crippen molar-refractivity contribution in [2.75, 3.05) is 26.9 Å². The number of fused-ring (bicyclic) bond motifs is 2. The smallest absolute Gasteiger partial charge is 0.475 e. The Morgan fingerprint density at radius 2 is 1.82 bits per heavy atom. The molecule has 2 aromatic carbocycles. The van der Waals surface area contributed by atoms with Crippen LogP contribution in [0.5, 0.6) is 0 Å². The number of methoxy groups -OCH3 is 1. The number of benzene rings is 2. The predicted molar refractivity (Wildman–Crippen MR) is 117 cm³/mol. The van der Waals surface area contributed by atoms with Gasteiger partial charge in [-0.25, -0.2) is 4.79 Å². The third-order valence-electron chi connectivity index (χ3n) is 5.89. The summed E-state index contributed by atoms with van der Waals surface area (Å²) < 4.78 is 42.8. The zero-order chi connectivity index (χ0) is 24.8. The average Bonchev–Trinajstić information content (AvgIpc) is 3.38. The van der Waals surface area contributed by atoms with Crippen molar-refractivity contribution in [3.63, 3.8) is 0 Å². The predicted octanol–water partition coefficient (Wildman–Crippen LogP) is 3.08. The molecule has 2 N–H and O–H groups in total. The van der Waals surface area contributed by atoms with Crippen LogP contribution in [0.25, 0.3) is 0 Å². The number of carbonyl (C=O) groups is 2. The topological polar surface area (TPSA) is 88.1 Å². The Morgan fingerprint density at radius 3 is 2.47 bits per heavy atom. The molecule has 34 heavy (non-hydrogen) atoms. The molecule has 7 nitrogen and oxygen atoms in total.